The molecule has 0 unspecified atom stereocenters. The highest BCUT2D eigenvalue weighted by Gasteiger charge is 2.06. The van der Waals surface area contributed by atoms with E-state index in [2.05, 4.69) is 0 Å². The molecule has 0 spiro atoms. The molecule has 0 N–H and O–H groups in total. The lowest BCUT2D eigenvalue weighted by Crippen LogP contribution is -1.89. The third-order valence-electron chi connectivity index (χ3n) is 2.28. The summed E-state index contributed by atoms with van der Waals surface area (Å²) >= 11 is 0. The van der Waals surface area contributed by atoms with Crippen molar-refractivity contribution >= 4 is 6.29 Å². The zero-order valence-electron chi connectivity index (χ0n) is 8.28. The summed E-state index contributed by atoms with van der Waals surface area (Å²) in [4.78, 5) is 10.8. The van der Waals surface area contributed by atoms with E-state index in [1.165, 1.54) is 24.3 Å². The molecule has 2 rings (SSSR count). The predicted molar refractivity (Wildman–Crippen MR) is 57.2 cm³/mol. The van der Waals surface area contributed by atoms with E-state index >= 15 is 0 Å². The molecule has 0 fully saturated rings. The maximum absolute atomic E-state index is 13.0. The Hall–Kier alpha value is -2.03. The number of rotatable bonds is 2. The van der Waals surface area contributed by atoms with Gasteiger partial charge >= 0.3 is 0 Å². The molecule has 1 nitrogen and oxygen atoms in total. The normalized spacial score (nSPS) is 10.1. The Balaban J connectivity index is 2.59. The van der Waals surface area contributed by atoms with Gasteiger partial charge in [0.15, 0.2) is 6.29 Å². The fraction of sp³-hybridized carbons (Fsp3) is 0. The number of halogens is 2. The topological polar surface area (TPSA) is 17.1 Å². The van der Waals surface area contributed by atoms with Gasteiger partial charge in [-0.15, -0.1) is 0 Å². The van der Waals surface area contributed by atoms with Gasteiger partial charge in [-0.3, -0.25) is 4.79 Å². The molecule has 0 saturated carbocycles. The van der Waals surface area contributed by atoms with Gasteiger partial charge in [-0.1, -0.05) is 18.2 Å². The van der Waals surface area contributed by atoms with Crippen molar-refractivity contribution in [3.8, 4) is 11.1 Å². The van der Waals surface area contributed by atoms with Gasteiger partial charge in [0.2, 0.25) is 0 Å². The Labute approximate surface area is 91.3 Å². The van der Waals surface area contributed by atoms with Gasteiger partial charge in [-0.25, -0.2) is 8.78 Å². The molecule has 0 aliphatic rings. The summed E-state index contributed by atoms with van der Waals surface area (Å²) in [5.41, 5.74) is 1.30. The summed E-state index contributed by atoms with van der Waals surface area (Å²) in [6.45, 7) is 0. The first kappa shape index (κ1) is 10.5. The van der Waals surface area contributed by atoms with Gasteiger partial charge in [-0.2, -0.15) is 0 Å². The van der Waals surface area contributed by atoms with E-state index in [9.17, 15) is 13.6 Å². The zero-order valence-corrected chi connectivity index (χ0v) is 8.28. The average Bonchev–Trinajstić information content (AvgIpc) is 2.28. The Bertz CT molecular complexity index is 535. The monoisotopic (exact) mass is 218 g/mol. The maximum Gasteiger partial charge on any atom is 0.150 e. The fourth-order valence-electron chi connectivity index (χ4n) is 1.55. The Morgan fingerprint density at radius 2 is 1.69 bits per heavy atom. The maximum atomic E-state index is 13.0. The van der Waals surface area contributed by atoms with Gasteiger partial charge < -0.3 is 0 Å². The molecule has 0 amide bonds. The standard InChI is InChI=1S/C13H8F2O/c14-11-3-1-2-9(6-11)13-5-4-12(15)7-10(13)8-16/h1-8H. The third kappa shape index (κ3) is 1.98. The van der Waals surface area contributed by atoms with E-state index in [1.54, 1.807) is 12.1 Å². The summed E-state index contributed by atoms with van der Waals surface area (Å²) < 4.78 is 25.9. The lowest BCUT2D eigenvalue weighted by Gasteiger charge is -2.05. The first-order valence-electron chi connectivity index (χ1n) is 4.71. The quantitative estimate of drug-likeness (QED) is 0.705. The molecule has 0 bridgehead atoms. The van der Waals surface area contributed by atoms with Crippen molar-refractivity contribution in [2.75, 3.05) is 0 Å². The molecule has 0 saturated heterocycles. The molecule has 0 radical (unpaired) electrons. The van der Waals surface area contributed by atoms with Crippen LogP contribution in [0.4, 0.5) is 8.78 Å². The van der Waals surface area contributed by atoms with Crippen LogP contribution in [0, 0.1) is 11.6 Å². The van der Waals surface area contributed by atoms with Crippen molar-refractivity contribution in [1.29, 1.82) is 0 Å². The number of aldehydes is 1. The molecule has 2 aromatic carbocycles. The van der Waals surface area contributed by atoms with Crippen LogP contribution in [0.5, 0.6) is 0 Å². The smallest absolute Gasteiger partial charge is 0.150 e. The molecule has 0 aliphatic carbocycles. The summed E-state index contributed by atoms with van der Waals surface area (Å²) in [5.74, 6) is -0.874. The average molecular weight is 218 g/mol. The SMILES string of the molecule is O=Cc1cc(F)ccc1-c1cccc(F)c1. The molecule has 3 heteroatoms. The van der Waals surface area contributed by atoms with E-state index in [1.807, 2.05) is 0 Å². The number of benzene rings is 2. The molecule has 80 valence electrons. The van der Waals surface area contributed by atoms with E-state index in [0.29, 0.717) is 17.4 Å². The number of hydrogen-bond donors (Lipinski definition) is 0. The van der Waals surface area contributed by atoms with E-state index < -0.39 is 11.6 Å². The second-order valence-corrected chi connectivity index (χ2v) is 3.36. The Morgan fingerprint density at radius 1 is 0.938 bits per heavy atom. The van der Waals surface area contributed by atoms with Gasteiger partial charge in [0, 0.05) is 5.56 Å². The minimum atomic E-state index is -0.484. The Morgan fingerprint density at radius 3 is 2.38 bits per heavy atom. The minimum absolute atomic E-state index is 0.214. The van der Waals surface area contributed by atoms with Crippen molar-refractivity contribution in [3.63, 3.8) is 0 Å². The first-order chi connectivity index (χ1) is 7.70. The van der Waals surface area contributed by atoms with Crippen molar-refractivity contribution in [2.24, 2.45) is 0 Å². The van der Waals surface area contributed by atoms with E-state index in [-0.39, 0.29) is 5.56 Å². The second kappa shape index (κ2) is 4.23. The zero-order chi connectivity index (χ0) is 11.5. The molecular weight excluding hydrogens is 210 g/mol. The molecule has 16 heavy (non-hydrogen) atoms. The molecule has 0 heterocycles. The third-order valence-corrected chi connectivity index (χ3v) is 2.28. The van der Waals surface area contributed by atoms with Crippen LogP contribution >= 0.6 is 0 Å². The van der Waals surface area contributed by atoms with Crippen molar-refractivity contribution in [2.45, 2.75) is 0 Å². The number of carbonyl (C=O) groups excluding carboxylic acids is 1. The number of carbonyl (C=O) groups is 1. The summed E-state index contributed by atoms with van der Waals surface area (Å²) in [7, 11) is 0. The highest BCUT2D eigenvalue weighted by Crippen LogP contribution is 2.23. The number of hydrogen-bond acceptors (Lipinski definition) is 1. The predicted octanol–water partition coefficient (Wildman–Crippen LogP) is 3.44. The first-order valence-corrected chi connectivity index (χ1v) is 4.71. The van der Waals surface area contributed by atoms with Crippen LogP contribution in [-0.2, 0) is 0 Å². The summed E-state index contributed by atoms with van der Waals surface area (Å²) in [5, 5.41) is 0. The van der Waals surface area contributed by atoms with Crippen LogP contribution in [-0.4, -0.2) is 6.29 Å². The van der Waals surface area contributed by atoms with Crippen molar-refractivity contribution < 1.29 is 13.6 Å². The highest BCUT2D eigenvalue weighted by molar-refractivity contribution is 5.87. The molecule has 0 atom stereocenters. The van der Waals surface area contributed by atoms with Crippen LogP contribution in [0.25, 0.3) is 11.1 Å². The van der Waals surface area contributed by atoms with Crippen molar-refractivity contribution in [3.05, 3.63) is 59.7 Å². The van der Waals surface area contributed by atoms with E-state index in [4.69, 9.17) is 0 Å². The highest BCUT2D eigenvalue weighted by atomic mass is 19.1. The van der Waals surface area contributed by atoms with Gasteiger partial charge in [0.25, 0.3) is 0 Å². The lowest BCUT2D eigenvalue weighted by atomic mass is 10.0. The lowest BCUT2D eigenvalue weighted by molar-refractivity contribution is 0.112. The largest absolute Gasteiger partial charge is 0.298 e. The molecule has 0 aliphatic heterocycles. The van der Waals surface area contributed by atoms with Crippen LogP contribution < -0.4 is 0 Å². The van der Waals surface area contributed by atoms with E-state index in [0.717, 1.165) is 6.07 Å². The van der Waals surface area contributed by atoms with Crippen LogP contribution in [0.1, 0.15) is 10.4 Å². The molecular formula is C13H8F2O. The summed E-state index contributed by atoms with van der Waals surface area (Å²) in [6.07, 6.45) is 0.559. The van der Waals surface area contributed by atoms with Crippen LogP contribution in [0.15, 0.2) is 42.5 Å². The van der Waals surface area contributed by atoms with Crippen LogP contribution in [0.3, 0.4) is 0 Å². The van der Waals surface area contributed by atoms with Gasteiger partial charge in [0.05, 0.1) is 0 Å². The summed E-state index contributed by atoms with van der Waals surface area (Å²) in [6, 6.07) is 9.67. The molecule has 2 aromatic rings. The van der Waals surface area contributed by atoms with Crippen LogP contribution in [0.2, 0.25) is 0 Å². The van der Waals surface area contributed by atoms with Crippen molar-refractivity contribution in [1.82, 2.24) is 0 Å². The Kier molecular flexibility index (Phi) is 2.77. The van der Waals surface area contributed by atoms with Gasteiger partial charge in [0.1, 0.15) is 11.6 Å². The molecule has 0 aromatic heterocycles. The minimum Gasteiger partial charge on any atom is -0.298 e. The second-order valence-electron chi connectivity index (χ2n) is 3.36. The fourth-order valence-corrected chi connectivity index (χ4v) is 1.55. The van der Waals surface area contributed by atoms with Gasteiger partial charge in [-0.05, 0) is 35.4 Å².